The van der Waals surface area contributed by atoms with Crippen molar-refractivity contribution in [3.05, 3.63) is 65.2 Å². The van der Waals surface area contributed by atoms with E-state index in [0.717, 1.165) is 11.1 Å². The molecule has 19 heavy (non-hydrogen) atoms. The van der Waals surface area contributed by atoms with Gasteiger partial charge in [0, 0.05) is 11.1 Å². The minimum atomic E-state index is -0.581. The summed E-state index contributed by atoms with van der Waals surface area (Å²) in [4.78, 5) is 0. The lowest BCUT2D eigenvalue weighted by molar-refractivity contribution is 0.190. The molecular formula is C16H15NO2. The lowest BCUT2D eigenvalue weighted by Crippen LogP contribution is -2.02. The number of benzene rings is 2. The van der Waals surface area contributed by atoms with Crippen molar-refractivity contribution in [2.24, 2.45) is 0 Å². The van der Waals surface area contributed by atoms with Crippen LogP contribution in [0.25, 0.3) is 0 Å². The van der Waals surface area contributed by atoms with E-state index in [1.165, 1.54) is 0 Å². The Morgan fingerprint density at radius 2 is 1.84 bits per heavy atom. The average Bonchev–Trinajstić information content (AvgIpc) is 2.45. The molecule has 0 aliphatic rings. The summed E-state index contributed by atoms with van der Waals surface area (Å²) in [5.74, 6) is 0.644. The summed E-state index contributed by atoms with van der Waals surface area (Å²) in [6.45, 7) is 2.01. The van der Waals surface area contributed by atoms with Gasteiger partial charge in [-0.25, -0.2) is 0 Å². The van der Waals surface area contributed by atoms with Crippen LogP contribution in [-0.4, -0.2) is 5.11 Å². The van der Waals surface area contributed by atoms with E-state index in [-0.39, 0.29) is 0 Å². The van der Waals surface area contributed by atoms with Gasteiger partial charge in [0.15, 0.2) is 0 Å². The Bertz CT molecular complexity index is 600. The van der Waals surface area contributed by atoms with Crippen molar-refractivity contribution < 1.29 is 9.84 Å². The Hall–Kier alpha value is -2.31. The molecule has 3 nitrogen and oxygen atoms in total. The minimum absolute atomic E-state index is 0.313. The SMILES string of the molecule is C[C@@H](O)c1ccccc1OCc1ccccc1C#N. The van der Waals surface area contributed by atoms with Crippen LogP contribution in [0, 0.1) is 11.3 Å². The molecule has 0 amide bonds. The fraction of sp³-hybridized carbons (Fsp3) is 0.188. The van der Waals surface area contributed by atoms with Gasteiger partial charge in [-0.05, 0) is 19.1 Å². The summed E-state index contributed by atoms with van der Waals surface area (Å²) in [6, 6.07) is 16.8. The molecule has 0 heterocycles. The topological polar surface area (TPSA) is 53.2 Å². The second-order valence-electron chi connectivity index (χ2n) is 4.27. The van der Waals surface area contributed by atoms with Gasteiger partial charge >= 0.3 is 0 Å². The van der Waals surface area contributed by atoms with Crippen molar-refractivity contribution >= 4 is 0 Å². The molecule has 0 spiro atoms. The second-order valence-corrected chi connectivity index (χ2v) is 4.27. The highest BCUT2D eigenvalue weighted by Gasteiger charge is 2.09. The standard InChI is InChI=1S/C16H15NO2/c1-12(18)15-8-4-5-9-16(15)19-11-14-7-3-2-6-13(14)10-17/h2-9,12,18H,11H2,1H3/t12-/m1/s1. The Morgan fingerprint density at radius 1 is 1.16 bits per heavy atom. The maximum absolute atomic E-state index is 9.67. The van der Waals surface area contributed by atoms with E-state index in [2.05, 4.69) is 6.07 Å². The van der Waals surface area contributed by atoms with Gasteiger partial charge in [-0.2, -0.15) is 5.26 Å². The molecular weight excluding hydrogens is 238 g/mol. The fourth-order valence-electron chi connectivity index (χ4n) is 1.87. The van der Waals surface area contributed by atoms with Gasteiger partial charge in [-0.15, -0.1) is 0 Å². The maximum atomic E-state index is 9.67. The average molecular weight is 253 g/mol. The minimum Gasteiger partial charge on any atom is -0.488 e. The van der Waals surface area contributed by atoms with Crippen molar-refractivity contribution in [1.29, 1.82) is 5.26 Å². The number of para-hydroxylation sites is 1. The molecule has 3 heteroatoms. The van der Waals surface area contributed by atoms with Gasteiger partial charge < -0.3 is 9.84 Å². The van der Waals surface area contributed by atoms with Crippen molar-refractivity contribution in [3.63, 3.8) is 0 Å². The molecule has 2 rings (SSSR count). The number of nitriles is 1. The zero-order valence-electron chi connectivity index (χ0n) is 10.7. The van der Waals surface area contributed by atoms with Crippen LogP contribution in [0.4, 0.5) is 0 Å². The van der Waals surface area contributed by atoms with E-state index in [0.29, 0.717) is 17.9 Å². The molecule has 0 saturated heterocycles. The third-order valence-electron chi connectivity index (χ3n) is 2.89. The lowest BCUT2D eigenvalue weighted by atomic mass is 10.1. The van der Waals surface area contributed by atoms with Gasteiger partial charge in [0.1, 0.15) is 12.4 Å². The van der Waals surface area contributed by atoms with Crippen LogP contribution in [0.5, 0.6) is 5.75 Å². The molecule has 96 valence electrons. The van der Waals surface area contributed by atoms with Crippen molar-refractivity contribution in [1.82, 2.24) is 0 Å². The molecule has 1 N–H and O–H groups in total. The summed E-state index contributed by atoms with van der Waals surface area (Å²) in [5.41, 5.74) is 2.19. The van der Waals surface area contributed by atoms with Gasteiger partial charge in [0.25, 0.3) is 0 Å². The molecule has 0 aliphatic heterocycles. The molecule has 1 atom stereocenters. The normalized spacial score (nSPS) is 11.6. The smallest absolute Gasteiger partial charge is 0.125 e. The van der Waals surface area contributed by atoms with E-state index in [4.69, 9.17) is 10.00 Å². The first-order valence-electron chi connectivity index (χ1n) is 6.10. The molecule has 2 aromatic carbocycles. The van der Waals surface area contributed by atoms with Gasteiger partial charge in [0.2, 0.25) is 0 Å². The zero-order chi connectivity index (χ0) is 13.7. The summed E-state index contributed by atoms with van der Waals surface area (Å²) in [5, 5.41) is 18.7. The van der Waals surface area contributed by atoms with Gasteiger partial charge in [-0.1, -0.05) is 36.4 Å². The van der Waals surface area contributed by atoms with Crippen LogP contribution in [0.1, 0.15) is 29.7 Å². The predicted octanol–water partition coefficient (Wildman–Crippen LogP) is 3.19. The number of ether oxygens (including phenoxy) is 1. The molecule has 0 saturated carbocycles. The van der Waals surface area contributed by atoms with Crippen molar-refractivity contribution in [2.45, 2.75) is 19.6 Å². The Morgan fingerprint density at radius 3 is 2.58 bits per heavy atom. The highest BCUT2D eigenvalue weighted by Crippen LogP contribution is 2.25. The first kappa shape index (κ1) is 13.1. The summed E-state index contributed by atoms with van der Waals surface area (Å²) >= 11 is 0. The molecule has 0 radical (unpaired) electrons. The largest absolute Gasteiger partial charge is 0.488 e. The molecule has 0 bridgehead atoms. The first-order chi connectivity index (χ1) is 9.22. The third kappa shape index (κ3) is 3.12. The fourth-order valence-corrected chi connectivity index (χ4v) is 1.87. The highest BCUT2D eigenvalue weighted by atomic mass is 16.5. The summed E-state index contributed by atoms with van der Waals surface area (Å²) in [7, 11) is 0. The predicted molar refractivity (Wildman–Crippen MR) is 72.6 cm³/mol. The molecule has 2 aromatic rings. The number of aliphatic hydroxyl groups is 1. The highest BCUT2D eigenvalue weighted by molar-refractivity contribution is 5.38. The molecule has 0 aliphatic carbocycles. The quantitative estimate of drug-likeness (QED) is 0.910. The Balaban J connectivity index is 2.18. The van der Waals surface area contributed by atoms with Crippen molar-refractivity contribution in [3.8, 4) is 11.8 Å². The monoisotopic (exact) mass is 253 g/mol. The maximum Gasteiger partial charge on any atom is 0.125 e. The van der Waals surface area contributed by atoms with Crippen LogP contribution >= 0.6 is 0 Å². The number of rotatable bonds is 4. The van der Waals surface area contributed by atoms with E-state index in [9.17, 15) is 5.11 Å². The zero-order valence-corrected chi connectivity index (χ0v) is 10.7. The van der Waals surface area contributed by atoms with E-state index in [1.54, 1.807) is 13.0 Å². The number of hydrogen-bond acceptors (Lipinski definition) is 3. The van der Waals surface area contributed by atoms with E-state index < -0.39 is 6.10 Å². The van der Waals surface area contributed by atoms with Crippen LogP contribution in [0.2, 0.25) is 0 Å². The summed E-state index contributed by atoms with van der Waals surface area (Å²) < 4.78 is 5.72. The van der Waals surface area contributed by atoms with Crippen LogP contribution in [-0.2, 0) is 6.61 Å². The lowest BCUT2D eigenvalue weighted by Gasteiger charge is -2.13. The molecule has 0 fully saturated rings. The number of hydrogen-bond donors (Lipinski definition) is 1. The Labute approximate surface area is 112 Å². The number of aliphatic hydroxyl groups excluding tert-OH is 1. The second kappa shape index (κ2) is 6.03. The Kier molecular flexibility index (Phi) is 4.17. The van der Waals surface area contributed by atoms with E-state index >= 15 is 0 Å². The number of nitrogens with zero attached hydrogens (tertiary/aromatic N) is 1. The molecule has 0 unspecified atom stereocenters. The van der Waals surface area contributed by atoms with Crippen LogP contribution < -0.4 is 4.74 Å². The van der Waals surface area contributed by atoms with Gasteiger partial charge in [-0.3, -0.25) is 0 Å². The van der Waals surface area contributed by atoms with Gasteiger partial charge in [0.05, 0.1) is 17.7 Å². The van der Waals surface area contributed by atoms with E-state index in [1.807, 2.05) is 42.5 Å². The van der Waals surface area contributed by atoms with Crippen LogP contribution in [0.3, 0.4) is 0 Å². The third-order valence-corrected chi connectivity index (χ3v) is 2.89. The summed E-state index contributed by atoms with van der Waals surface area (Å²) in [6.07, 6.45) is -0.581. The van der Waals surface area contributed by atoms with Crippen molar-refractivity contribution in [2.75, 3.05) is 0 Å². The first-order valence-corrected chi connectivity index (χ1v) is 6.10. The molecule has 0 aromatic heterocycles. The van der Waals surface area contributed by atoms with Crippen LogP contribution in [0.15, 0.2) is 48.5 Å².